The van der Waals surface area contributed by atoms with Gasteiger partial charge in [0.1, 0.15) is 0 Å². The van der Waals surface area contributed by atoms with Crippen LogP contribution in [-0.4, -0.2) is 71.7 Å². The lowest BCUT2D eigenvalue weighted by molar-refractivity contribution is 0.104. The van der Waals surface area contributed by atoms with Crippen LogP contribution < -0.4 is 0 Å². The summed E-state index contributed by atoms with van der Waals surface area (Å²) in [6.45, 7) is 8.78. The Hall–Kier alpha value is -1.82. The van der Waals surface area contributed by atoms with Gasteiger partial charge in [0.25, 0.3) is 0 Å². The first-order valence-electron chi connectivity index (χ1n) is 9.65. The molecule has 0 aliphatic carbocycles. The Bertz CT molecular complexity index is 749. The maximum atomic E-state index is 4.38. The molecule has 2 aromatic rings. The normalized spacial score (nSPS) is 22.8. The molecule has 5 nitrogen and oxygen atoms in total. The highest BCUT2D eigenvalue weighted by Gasteiger charge is 2.28. The van der Waals surface area contributed by atoms with E-state index in [0.29, 0.717) is 6.04 Å². The maximum absolute atomic E-state index is 4.38. The summed E-state index contributed by atoms with van der Waals surface area (Å²) < 4.78 is 0. The number of aryl methyl sites for hydroxylation is 1. The van der Waals surface area contributed by atoms with Crippen molar-refractivity contribution in [2.24, 2.45) is 0 Å². The van der Waals surface area contributed by atoms with Gasteiger partial charge in [-0.15, -0.1) is 0 Å². The fourth-order valence-corrected chi connectivity index (χ4v) is 4.16. The third kappa shape index (κ3) is 3.65. The third-order valence-electron chi connectivity index (χ3n) is 5.80. The quantitative estimate of drug-likeness (QED) is 0.831. The van der Waals surface area contributed by atoms with Gasteiger partial charge in [0.2, 0.25) is 0 Å². The van der Waals surface area contributed by atoms with Gasteiger partial charge in [-0.05, 0) is 63.3 Å². The number of benzene rings is 1. The van der Waals surface area contributed by atoms with Crippen LogP contribution in [0.2, 0.25) is 0 Å². The summed E-state index contributed by atoms with van der Waals surface area (Å²) in [6.07, 6.45) is 1.21. The van der Waals surface area contributed by atoms with Crippen LogP contribution in [0.3, 0.4) is 0 Å². The second-order valence-electron chi connectivity index (χ2n) is 7.86. The fourth-order valence-electron chi connectivity index (χ4n) is 4.16. The predicted molar refractivity (Wildman–Crippen MR) is 105 cm³/mol. The highest BCUT2D eigenvalue weighted by Crippen LogP contribution is 2.34. The van der Waals surface area contributed by atoms with Crippen LogP contribution in [0.15, 0.2) is 30.3 Å². The topological polar surface area (TPSA) is 35.5 Å². The maximum Gasteiger partial charge on any atom is 0.0929 e. The molecule has 26 heavy (non-hydrogen) atoms. The van der Waals surface area contributed by atoms with Crippen molar-refractivity contribution in [1.29, 1.82) is 0 Å². The zero-order valence-electron chi connectivity index (χ0n) is 16.1. The summed E-state index contributed by atoms with van der Waals surface area (Å²) in [4.78, 5) is 7.56. The van der Waals surface area contributed by atoms with E-state index in [0.717, 1.165) is 37.6 Å². The standard InChI is InChI=1S/C21H29N5/c1-16-4-7-20(23-22-16)17-5-6-19-18(14-17)15-25(3)9-8-21(19)26-12-10-24(2)11-13-26/h4-7,14,21H,8-13,15H2,1-3H3. The Labute approximate surface area is 156 Å². The van der Waals surface area contributed by atoms with Crippen LogP contribution >= 0.6 is 0 Å². The molecule has 0 spiro atoms. The molecule has 0 bridgehead atoms. The van der Waals surface area contributed by atoms with Gasteiger partial charge in [-0.25, -0.2) is 0 Å². The zero-order chi connectivity index (χ0) is 18.1. The van der Waals surface area contributed by atoms with Crippen molar-refractivity contribution in [2.75, 3.05) is 46.8 Å². The molecule has 1 aromatic carbocycles. The number of hydrogen-bond donors (Lipinski definition) is 0. The molecule has 1 fully saturated rings. The minimum Gasteiger partial charge on any atom is -0.304 e. The second kappa shape index (κ2) is 7.43. The molecule has 3 heterocycles. The average molecular weight is 351 g/mol. The van der Waals surface area contributed by atoms with Crippen LogP contribution in [0, 0.1) is 6.92 Å². The predicted octanol–water partition coefficient (Wildman–Crippen LogP) is 2.58. The molecule has 0 N–H and O–H groups in total. The first-order chi connectivity index (χ1) is 12.6. The van der Waals surface area contributed by atoms with Gasteiger partial charge < -0.3 is 9.80 Å². The molecule has 0 radical (unpaired) electrons. The fraction of sp³-hybridized carbons (Fsp3) is 0.524. The van der Waals surface area contributed by atoms with Crippen molar-refractivity contribution in [2.45, 2.75) is 25.9 Å². The number of likely N-dealkylation sites (N-methyl/N-ethyl adjacent to an activating group) is 1. The van der Waals surface area contributed by atoms with Crippen LogP contribution in [0.1, 0.15) is 29.3 Å². The monoisotopic (exact) mass is 351 g/mol. The Morgan fingerprint density at radius 3 is 2.42 bits per heavy atom. The van der Waals surface area contributed by atoms with Crippen molar-refractivity contribution in [1.82, 2.24) is 24.9 Å². The molecular formula is C21H29N5. The lowest BCUT2D eigenvalue weighted by Gasteiger charge is -2.38. The van der Waals surface area contributed by atoms with Crippen LogP contribution in [0.5, 0.6) is 0 Å². The molecule has 138 valence electrons. The summed E-state index contributed by atoms with van der Waals surface area (Å²) in [7, 11) is 4.45. The summed E-state index contributed by atoms with van der Waals surface area (Å²) in [6, 6.07) is 11.5. The summed E-state index contributed by atoms with van der Waals surface area (Å²) in [5.41, 5.74) is 6.03. The molecule has 2 aliphatic heterocycles. The molecule has 1 unspecified atom stereocenters. The SMILES string of the molecule is Cc1ccc(-c2ccc3c(c2)CN(C)CCC3N2CCN(C)CC2)nn1. The Morgan fingerprint density at radius 2 is 1.69 bits per heavy atom. The van der Waals surface area contributed by atoms with Crippen molar-refractivity contribution in [3.63, 3.8) is 0 Å². The third-order valence-corrected chi connectivity index (χ3v) is 5.80. The number of hydrogen-bond acceptors (Lipinski definition) is 5. The van der Waals surface area contributed by atoms with Crippen LogP contribution in [0.25, 0.3) is 11.3 Å². The molecule has 0 saturated carbocycles. The van der Waals surface area contributed by atoms with E-state index in [1.807, 2.05) is 13.0 Å². The Kier molecular flexibility index (Phi) is 5.02. The van der Waals surface area contributed by atoms with Gasteiger partial charge in [0, 0.05) is 44.3 Å². The molecule has 1 aromatic heterocycles. The lowest BCUT2D eigenvalue weighted by atomic mass is 9.94. The van der Waals surface area contributed by atoms with Crippen LogP contribution in [0.4, 0.5) is 0 Å². The minimum atomic E-state index is 0.529. The van der Waals surface area contributed by atoms with Crippen molar-refractivity contribution >= 4 is 0 Å². The first-order valence-corrected chi connectivity index (χ1v) is 9.65. The van der Waals surface area contributed by atoms with Crippen LogP contribution in [-0.2, 0) is 6.54 Å². The molecule has 1 atom stereocenters. The van der Waals surface area contributed by atoms with Gasteiger partial charge in [-0.3, -0.25) is 4.90 Å². The second-order valence-corrected chi connectivity index (χ2v) is 7.86. The Morgan fingerprint density at radius 1 is 0.885 bits per heavy atom. The van der Waals surface area contributed by atoms with E-state index >= 15 is 0 Å². The average Bonchev–Trinajstić information content (AvgIpc) is 2.81. The highest BCUT2D eigenvalue weighted by molar-refractivity contribution is 5.61. The van der Waals surface area contributed by atoms with Gasteiger partial charge in [0.15, 0.2) is 0 Å². The highest BCUT2D eigenvalue weighted by atomic mass is 15.3. The molecule has 2 aliphatic rings. The largest absolute Gasteiger partial charge is 0.304 e. The van der Waals surface area contributed by atoms with E-state index in [1.54, 1.807) is 0 Å². The van der Waals surface area contributed by atoms with Gasteiger partial charge >= 0.3 is 0 Å². The number of fused-ring (bicyclic) bond motifs is 1. The van der Waals surface area contributed by atoms with Gasteiger partial charge in [-0.2, -0.15) is 10.2 Å². The molecular weight excluding hydrogens is 322 g/mol. The summed E-state index contributed by atoms with van der Waals surface area (Å²) in [5.74, 6) is 0. The smallest absolute Gasteiger partial charge is 0.0929 e. The van der Waals surface area contributed by atoms with Crippen molar-refractivity contribution in [3.05, 3.63) is 47.2 Å². The van der Waals surface area contributed by atoms with E-state index in [-0.39, 0.29) is 0 Å². The van der Waals surface area contributed by atoms with E-state index < -0.39 is 0 Å². The zero-order valence-corrected chi connectivity index (χ0v) is 16.1. The number of aromatic nitrogens is 2. The molecule has 5 heteroatoms. The van der Waals surface area contributed by atoms with E-state index in [9.17, 15) is 0 Å². The Balaban J connectivity index is 1.66. The summed E-state index contributed by atoms with van der Waals surface area (Å²) in [5, 5.41) is 8.60. The molecule has 1 saturated heterocycles. The number of rotatable bonds is 2. The van der Waals surface area contributed by atoms with Crippen molar-refractivity contribution in [3.8, 4) is 11.3 Å². The van der Waals surface area contributed by atoms with E-state index in [4.69, 9.17) is 0 Å². The molecule has 0 amide bonds. The minimum absolute atomic E-state index is 0.529. The lowest BCUT2D eigenvalue weighted by Crippen LogP contribution is -2.46. The number of nitrogens with zero attached hydrogens (tertiary/aromatic N) is 5. The first kappa shape index (κ1) is 17.6. The van der Waals surface area contributed by atoms with Crippen molar-refractivity contribution < 1.29 is 0 Å². The molecule has 4 rings (SSSR count). The van der Waals surface area contributed by atoms with E-state index in [2.05, 4.69) is 63.3 Å². The van der Waals surface area contributed by atoms with Gasteiger partial charge in [0.05, 0.1) is 11.4 Å². The van der Waals surface area contributed by atoms with E-state index in [1.165, 1.54) is 36.2 Å². The summed E-state index contributed by atoms with van der Waals surface area (Å²) >= 11 is 0. The van der Waals surface area contributed by atoms with Gasteiger partial charge in [-0.1, -0.05) is 12.1 Å². The number of piperazine rings is 1.